The lowest BCUT2D eigenvalue weighted by atomic mass is 9.98. The minimum absolute atomic E-state index is 0.0782. The highest BCUT2D eigenvalue weighted by Crippen LogP contribution is 2.36. The van der Waals surface area contributed by atoms with Crippen LogP contribution in [0.4, 0.5) is 5.69 Å². The van der Waals surface area contributed by atoms with E-state index in [1.54, 1.807) is 0 Å². The number of nitrogens with zero attached hydrogens (tertiary/aromatic N) is 1. The third-order valence-corrected chi connectivity index (χ3v) is 4.09. The number of hydrogen-bond acceptors (Lipinski definition) is 5. The van der Waals surface area contributed by atoms with E-state index in [-0.39, 0.29) is 18.7 Å². The molecule has 2 N–H and O–H groups in total. The molecule has 2 heterocycles. The molecule has 4 rings (SSSR count). The standard InChI is InChI=1S/C18H17N3O3/c1-11(22)19-14-5-2-12(3-6-14)15-9-16(21-20-15)13-4-7-17-18(8-13)24-10-23-17/h2-8,16,21H,9-10H2,1H3,(H,19,22). The first-order valence-electron chi connectivity index (χ1n) is 7.79. The molecule has 0 aromatic heterocycles. The molecule has 0 saturated carbocycles. The average Bonchev–Trinajstić information content (AvgIpc) is 3.23. The number of nitrogens with one attached hydrogen (secondary N) is 2. The van der Waals surface area contributed by atoms with Crippen molar-refractivity contribution < 1.29 is 14.3 Å². The van der Waals surface area contributed by atoms with Crippen LogP contribution in [0.2, 0.25) is 0 Å². The zero-order valence-electron chi connectivity index (χ0n) is 13.2. The fourth-order valence-electron chi connectivity index (χ4n) is 2.89. The summed E-state index contributed by atoms with van der Waals surface area (Å²) in [5.41, 5.74) is 7.12. The lowest BCUT2D eigenvalue weighted by Gasteiger charge is -2.11. The Hall–Kier alpha value is -3.02. The van der Waals surface area contributed by atoms with Gasteiger partial charge < -0.3 is 20.2 Å². The highest BCUT2D eigenvalue weighted by molar-refractivity contribution is 6.02. The van der Waals surface area contributed by atoms with E-state index in [1.807, 2.05) is 42.5 Å². The molecule has 0 saturated heterocycles. The summed E-state index contributed by atoms with van der Waals surface area (Å²) in [6, 6.07) is 13.8. The molecule has 1 unspecified atom stereocenters. The topological polar surface area (TPSA) is 72.0 Å². The maximum Gasteiger partial charge on any atom is 0.231 e. The Morgan fingerprint density at radius 1 is 1.17 bits per heavy atom. The molecule has 1 atom stereocenters. The molecule has 0 fully saturated rings. The first-order valence-corrected chi connectivity index (χ1v) is 7.79. The Kier molecular flexibility index (Phi) is 3.57. The number of anilines is 1. The van der Waals surface area contributed by atoms with E-state index in [4.69, 9.17) is 9.47 Å². The maximum absolute atomic E-state index is 11.1. The third-order valence-electron chi connectivity index (χ3n) is 4.09. The van der Waals surface area contributed by atoms with Crippen molar-refractivity contribution >= 4 is 17.3 Å². The fraction of sp³-hybridized carbons (Fsp3) is 0.222. The summed E-state index contributed by atoms with van der Waals surface area (Å²) < 4.78 is 10.8. The molecule has 2 aliphatic heterocycles. The number of fused-ring (bicyclic) bond motifs is 1. The van der Waals surface area contributed by atoms with Crippen molar-refractivity contribution in [1.82, 2.24) is 5.43 Å². The van der Waals surface area contributed by atoms with Gasteiger partial charge in [0.25, 0.3) is 0 Å². The van der Waals surface area contributed by atoms with Gasteiger partial charge >= 0.3 is 0 Å². The number of benzene rings is 2. The fourth-order valence-corrected chi connectivity index (χ4v) is 2.89. The van der Waals surface area contributed by atoms with Crippen LogP contribution in [0.3, 0.4) is 0 Å². The number of ether oxygens (including phenoxy) is 2. The molecule has 122 valence electrons. The van der Waals surface area contributed by atoms with Crippen LogP contribution < -0.4 is 20.2 Å². The van der Waals surface area contributed by atoms with Crippen LogP contribution in [0, 0.1) is 0 Å². The van der Waals surface area contributed by atoms with E-state index in [0.29, 0.717) is 0 Å². The second-order valence-electron chi connectivity index (χ2n) is 5.82. The number of amides is 1. The highest BCUT2D eigenvalue weighted by atomic mass is 16.7. The lowest BCUT2D eigenvalue weighted by Crippen LogP contribution is -2.09. The number of carbonyl (C=O) groups excluding carboxylic acids is 1. The van der Waals surface area contributed by atoms with Gasteiger partial charge in [0, 0.05) is 19.0 Å². The van der Waals surface area contributed by atoms with Crippen molar-refractivity contribution in [3.63, 3.8) is 0 Å². The van der Waals surface area contributed by atoms with Crippen LogP contribution in [0.5, 0.6) is 11.5 Å². The van der Waals surface area contributed by atoms with Crippen LogP contribution >= 0.6 is 0 Å². The zero-order valence-corrected chi connectivity index (χ0v) is 13.2. The van der Waals surface area contributed by atoms with Crippen molar-refractivity contribution in [2.75, 3.05) is 12.1 Å². The smallest absolute Gasteiger partial charge is 0.231 e. The SMILES string of the molecule is CC(=O)Nc1ccc(C2=NNC(c3ccc4c(c3)OCO4)C2)cc1. The predicted octanol–water partition coefficient (Wildman–Crippen LogP) is 2.81. The summed E-state index contributed by atoms with van der Waals surface area (Å²) in [4.78, 5) is 11.1. The first kappa shape index (κ1) is 14.6. The summed E-state index contributed by atoms with van der Waals surface area (Å²) in [5.74, 6) is 1.49. The van der Waals surface area contributed by atoms with E-state index in [9.17, 15) is 4.79 Å². The monoisotopic (exact) mass is 323 g/mol. The molecule has 2 aliphatic rings. The molecule has 2 aromatic rings. The van der Waals surface area contributed by atoms with Crippen LogP contribution in [0.25, 0.3) is 0 Å². The number of carbonyl (C=O) groups is 1. The quantitative estimate of drug-likeness (QED) is 0.911. The molecule has 0 radical (unpaired) electrons. The van der Waals surface area contributed by atoms with Crippen LogP contribution in [-0.2, 0) is 4.79 Å². The summed E-state index contributed by atoms with van der Waals surface area (Å²) in [5, 5.41) is 7.22. The minimum atomic E-state index is -0.0782. The molecule has 0 bridgehead atoms. The van der Waals surface area contributed by atoms with E-state index in [2.05, 4.69) is 15.8 Å². The third kappa shape index (κ3) is 2.78. The van der Waals surface area contributed by atoms with Gasteiger partial charge in [0.1, 0.15) is 0 Å². The molecule has 6 heteroatoms. The van der Waals surface area contributed by atoms with Crippen molar-refractivity contribution in [3.8, 4) is 11.5 Å². The van der Waals surface area contributed by atoms with Crippen molar-refractivity contribution in [3.05, 3.63) is 53.6 Å². The summed E-state index contributed by atoms with van der Waals surface area (Å²) in [6.45, 7) is 1.77. The predicted molar refractivity (Wildman–Crippen MR) is 90.3 cm³/mol. The van der Waals surface area contributed by atoms with E-state index < -0.39 is 0 Å². The van der Waals surface area contributed by atoms with Gasteiger partial charge in [-0.1, -0.05) is 18.2 Å². The van der Waals surface area contributed by atoms with Crippen molar-refractivity contribution in [1.29, 1.82) is 0 Å². The largest absolute Gasteiger partial charge is 0.454 e. The van der Waals surface area contributed by atoms with Crippen LogP contribution in [-0.4, -0.2) is 18.4 Å². The van der Waals surface area contributed by atoms with Gasteiger partial charge in [0.15, 0.2) is 11.5 Å². The second kappa shape index (κ2) is 5.88. The van der Waals surface area contributed by atoms with Crippen LogP contribution in [0.1, 0.15) is 30.5 Å². The van der Waals surface area contributed by atoms with Gasteiger partial charge in [-0.3, -0.25) is 4.79 Å². The van der Waals surface area contributed by atoms with Gasteiger partial charge in [-0.05, 0) is 35.4 Å². The zero-order chi connectivity index (χ0) is 16.5. The minimum Gasteiger partial charge on any atom is -0.454 e. The van der Waals surface area contributed by atoms with Crippen molar-refractivity contribution in [2.45, 2.75) is 19.4 Å². The second-order valence-corrected chi connectivity index (χ2v) is 5.82. The Balaban J connectivity index is 1.47. The molecule has 0 spiro atoms. The first-order chi connectivity index (χ1) is 11.7. The average molecular weight is 323 g/mol. The van der Waals surface area contributed by atoms with E-state index >= 15 is 0 Å². The number of rotatable bonds is 3. The summed E-state index contributed by atoms with van der Waals surface area (Å²) in [7, 11) is 0. The number of hydrazone groups is 1. The maximum atomic E-state index is 11.1. The Morgan fingerprint density at radius 2 is 1.96 bits per heavy atom. The van der Waals surface area contributed by atoms with Gasteiger partial charge in [-0.15, -0.1) is 0 Å². The number of hydrogen-bond donors (Lipinski definition) is 2. The normalized spacial score (nSPS) is 18.0. The highest BCUT2D eigenvalue weighted by Gasteiger charge is 2.23. The van der Waals surface area contributed by atoms with Gasteiger partial charge in [-0.25, -0.2) is 0 Å². The van der Waals surface area contributed by atoms with Gasteiger partial charge in [0.2, 0.25) is 12.7 Å². The molecular weight excluding hydrogens is 306 g/mol. The van der Waals surface area contributed by atoms with Gasteiger partial charge in [0.05, 0.1) is 11.8 Å². The Labute approximate surface area is 139 Å². The Morgan fingerprint density at radius 3 is 2.75 bits per heavy atom. The molecule has 1 amide bonds. The molecule has 2 aromatic carbocycles. The molecule has 24 heavy (non-hydrogen) atoms. The van der Waals surface area contributed by atoms with Gasteiger partial charge in [-0.2, -0.15) is 5.10 Å². The molecule has 6 nitrogen and oxygen atoms in total. The summed E-state index contributed by atoms with van der Waals surface area (Å²) in [6.07, 6.45) is 0.791. The molecule has 0 aliphatic carbocycles. The summed E-state index contributed by atoms with van der Waals surface area (Å²) >= 11 is 0. The van der Waals surface area contributed by atoms with E-state index in [0.717, 1.165) is 40.4 Å². The van der Waals surface area contributed by atoms with E-state index in [1.165, 1.54) is 6.92 Å². The van der Waals surface area contributed by atoms with Crippen molar-refractivity contribution in [2.24, 2.45) is 5.10 Å². The Bertz CT molecular complexity index is 815. The lowest BCUT2D eigenvalue weighted by molar-refractivity contribution is -0.114. The van der Waals surface area contributed by atoms with Crippen LogP contribution in [0.15, 0.2) is 47.6 Å². The molecular formula is C18H17N3O3.